The van der Waals surface area contributed by atoms with Gasteiger partial charge in [-0.05, 0) is 47.5 Å². The third-order valence-corrected chi connectivity index (χ3v) is 3.38. The Kier molecular flexibility index (Phi) is 5.13. The second-order valence-electron chi connectivity index (χ2n) is 4.23. The quantitative estimate of drug-likeness (QED) is 0.831. The van der Waals surface area contributed by atoms with Crippen LogP contribution in [0.5, 0.6) is 0 Å². The van der Waals surface area contributed by atoms with Gasteiger partial charge in [0.1, 0.15) is 0 Å². The van der Waals surface area contributed by atoms with E-state index >= 15 is 0 Å². The molecule has 5 nitrogen and oxygen atoms in total. The van der Waals surface area contributed by atoms with Gasteiger partial charge in [-0.1, -0.05) is 29.3 Å². The van der Waals surface area contributed by atoms with Crippen molar-refractivity contribution < 1.29 is 0 Å². The summed E-state index contributed by atoms with van der Waals surface area (Å²) < 4.78 is 1.79. The summed E-state index contributed by atoms with van der Waals surface area (Å²) in [5.74, 6) is 0.793. The Morgan fingerprint density at radius 1 is 1.21 bits per heavy atom. The molecule has 7 heteroatoms. The number of tetrazole rings is 1. The molecule has 102 valence electrons. The van der Waals surface area contributed by atoms with Crippen molar-refractivity contribution in [3.05, 3.63) is 39.6 Å². The van der Waals surface area contributed by atoms with Crippen LogP contribution >= 0.6 is 23.2 Å². The highest BCUT2D eigenvalue weighted by Crippen LogP contribution is 2.22. The van der Waals surface area contributed by atoms with E-state index in [1.54, 1.807) is 10.7 Å². The van der Waals surface area contributed by atoms with Gasteiger partial charge in [0.05, 0.1) is 0 Å². The minimum absolute atomic E-state index is 0.589. The Morgan fingerprint density at radius 2 is 2.05 bits per heavy atom. The average molecular weight is 300 g/mol. The second kappa shape index (κ2) is 6.84. The number of aryl methyl sites for hydroxylation is 1. The molecule has 2 rings (SSSR count). The Labute approximate surface area is 121 Å². The number of benzene rings is 1. The smallest absolute Gasteiger partial charge is 0.155 e. The van der Waals surface area contributed by atoms with Crippen LogP contribution in [0.3, 0.4) is 0 Å². The van der Waals surface area contributed by atoms with Crippen LogP contribution in [-0.2, 0) is 13.0 Å². The molecule has 0 fully saturated rings. The van der Waals surface area contributed by atoms with E-state index in [0.29, 0.717) is 23.0 Å². The molecule has 0 saturated heterocycles. The number of hydrogen-bond donors (Lipinski definition) is 1. The number of aromatic nitrogens is 4. The topological polar surface area (TPSA) is 69.6 Å². The molecule has 2 N–H and O–H groups in total. The number of nitrogens with zero attached hydrogens (tertiary/aromatic N) is 4. The molecule has 19 heavy (non-hydrogen) atoms. The highest BCUT2D eigenvalue weighted by molar-refractivity contribution is 6.35. The van der Waals surface area contributed by atoms with Crippen molar-refractivity contribution in [2.75, 3.05) is 6.54 Å². The Hall–Kier alpha value is -1.17. The average Bonchev–Trinajstić information content (AvgIpc) is 2.81. The minimum Gasteiger partial charge on any atom is -0.330 e. The summed E-state index contributed by atoms with van der Waals surface area (Å²) in [7, 11) is 0. The minimum atomic E-state index is 0.589. The van der Waals surface area contributed by atoms with E-state index in [1.807, 2.05) is 12.1 Å². The van der Waals surface area contributed by atoms with Gasteiger partial charge in [-0.2, -0.15) is 0 Å². The number of nitrogens with two attached hydrogens (primary N) is 1. The van der Waals surface area contributed by atoms with Gasteiger partial charge in [0.2, 0.25) is 0 Å². The Balaban J connectivity index is 2.08. The van der Waals surface area contributed by atoms with Crippen LogP contribution < -0.4 is 5.73 Å². The van der Waals surface area contributed by atoms with Crippen molar-refractivity contribution >= 4 is 23.2 Å². The van der Waals surface area contributed by atoms with E-state index in [-0.39, 0.29) is 0 Å². The van der Waals surface area contributed by atoms with Gasteiger partial charge in [-0.3, -0.25) is 0 Å². The van der Waals surface area contributed by atoms with Gasteiger partial charge < -0.3 is 5.73 Å². The Morgan fingerprint density at radius 3 is 2.79 bits per heavy atom. The Bertz CT molecular complexity index is 541. The fourth-order valence-corrected chi connectivity index (χ4v) is 2.24. The molecule has 0 aliphatic heterocycles. The summed E-state index contributed by atoms with van der Waals surface area (Å²) in [5, 5.41) is 13.0. The molecular formula is C12H15Cl2N5. The van der Waals surface area contributed by atoms with Gasteiger partial charge in [0, 0.05) is 23.0 Å². The molecule has 1 aromatic carbocycles. The van der Waals surface area contributed by atoms with Crippen molar-refractivity contribution in [1.82, 2.24) is 20.2 Å². The van der Waals surface area contributed by atoms with Gasteiger partial charge in [-0.25, -0.2) is 4.68 Å². The molecule has 2 aromatic rings. The number of unbranched alkanes of at least 4 members (excludes halogenated alkanes) is 1. The highest BCUT2D eigenvalue weighted by atomic mass is 35.5. The van der Waals surface area contributed by atoms with Crippen LogP contribution in [-0.4, -0.2) is 26.8 Å². The lowest BCUT2D eigenvalue weighted by molar-refractivity contribution is 0.529. The summed E-state index contributed by atoms with van der Waals surface area (Å²) >= 11 is 12.0. The largest absolute Gasteiger partial charge is 0.330 e. The van der Waals surface area contributed by atoms with Crippen LogP contribution in [0.4, 0.5) is 0 Å². The van der Waals surface area contributed by atoms with E-state index in [2.05, 4.69) is 15.5 Å². The summed E-state index contributed by atoms with van der Waals surface area (Å²) in [6, 6.07) is 5.43. The lowest BCUT2D eigenvalue weighted by atomic mass is 10.1. The van der Waals surface area contributed by atoms with Gasteiger partial charge in [0.25, 0.3) is 0 Å². The summed E-state index contributed by atoms with van der Waals surface area (Å²) in [6.45, 7) is 1.45. The third kappa shape index (κ3) is 3.89. The maximum Gasteiger partial charge on any atom is 0.155 e. The molecule has 1 heterocycles. The molecular weight excluding hydrogens is 285 g/mol. The number of hydrogen-bond acceptors (Lipinski definition) is 4. The molecule has 0 atom stereocenters. The van der Waals surface area contributed by atoms with E-state index in [4.69, 9.17) is 28.9 Å². The molecule has 1 aromatic heterocycles. The normalized spacial score (nSPS) is 10.9. The van der Waals surface area contributed by atoms with Crippen molar-refractivity contribution in [2.45, 2.75) is 25.8 Å². The molecule has 0 radical (unpaired) electrons. The van der Waals surface area contributed by atoms with Crippen molar-refractivity contribution in [2.24, 2.45) is 5.73 Å². The fourth-order valence-electron chi connectivity index (χ4n) is 1.76. The molecule has 0 unspecified atom stereocenters. The number of rotatable bonds is 6. The first-order chi connectivity index (χ1) is 9.20. The molecule has 0 bridgehead atoms. The monoisotopic (exact) mass is 299 g/mol. The van der Waals surface area contributed by atoms with E-state index in [1.165, 1.54) is 0 Å². The van der Waals surface area contributed by atoms with Crippen molar-refractivity contribution in [3.8, 4) is 0 Å². The van der Waals surface area contributed by atoms with Crippen LogP contribution in [0.15, 0.2) is 18.2 Å². The lowest BCUT2D eigenvalue weighted by Crippen LogP contribution is -2.09. The van der Waals surface area contributed by atoms with E-state index < -0.39 is 0 Å². The molecule has 0 amide bonds. The summed E-state index contributed by atoms with van der Waals surface area (Å²) in [6.07, 6.45) is 2.51. The maximum absolute atomic E-state index is 6.15. The number of halogens is 2. The molecule has 0 aliphatic carbocycles. The summed E-state index contributed by atoms with van der Waals surface area (Å²) in [4.78, 5) is 0. The lowest BCUT2D eigenvalue weighted by Gasteiger charge is -2.06. The van der Waals surface area contributed by atoms with Crippen LogP contribution in [0.2, 0.25) is 10.0 Å². The van der Waals surface area contributed by atoms with E-state index in [9.17, 15) is 0 Å². The summed E-state index contributed by atoms with van der Waals surface area (Å²) in [5.41, 5.74) is 6.43. The molecule has 0 saturated carbocycles. The van der Waals surface area contributed by atoms with Gasteiger partial charge >= 0.3 is 0 Å². The molecule has 0 spiro atoms. The zero-order valence-corrected chi connectivity index (χ0v) is 11.9. The van der Waals surface area contributed by atoms with Gasteiger partial charge in [-0.15, -0.1) is 5.10 Å². The first-order valence-electron chi connectivity index (χ1n) is 6.09. The highest BCUT2D eigenvalue weighted by Gasteiger charge is 2.09. The fraction of sp³-hybridized carbons (Fsp3) is 0.417. The predicted molar refractivity (Wildman–Crippen MR) is 75.4 cm³/mol. The van der Waals surface area contributed by atoms with Crippen LogP contribution in [0, 0.1) is 0 Å². The van der Waals surface area contributed by atoms with Crippen molar-refractivity contribution in [3.63, 3.8) is 0 Å². The van der Waals surface area contributed by atoms with E-state index in [0.717, 1.165) is 30.8 Å². The van der Waals surface area contributed by atoms with Crippen LogP contribution in [0.25, 0.3) is 0 Å². The van der Waals surface area contributed by atoms with Crippen molar-refractivity contribution in [1.29, 1.82) is 0 Å². The zero-order chi connectivity index (χ0) is 13.7. The van der Waals surface area contributed by atoms with Gasteiger partial charge in [0.15, 0.2) is 5.82 Å². The molecule has 0 aliphatic rings. The second-order valence-corrected chi connectivity index (χ2v) is 5.07. The first kappa shape index (κ1) is 14.2. The first-order valence-corrected chi connectivity index (χ1v) is 6.85. The third-order valence-electron chi connectivity index (χ3n) is 2.79. The van der Waals surface area contributed by atoms with Crippen LogP contribution in [0.1, 0.15) is 24.2 Å². The standard InChI is InChI=1S/C12H15Cl2N5/c13-10-4-3-9(11(14)8-10)7-12-16-17-18-19(12)6-2-1-5-15/h3-4,8H,1-2,5-7,15H2. The zero-order valence-electron chi connectivity index (χ0n) is 10.4. The maximum atomic E-state index is 6.15. The predicted octanol–water partition coefficient (Wildman–Crippen LogP) is 2.31. The SMILES string of the molecule is NCCCCn1nnnc1Cc1ccc(Cl)cc1Cl.